The van der Waals surface area contributed by atoms with Crippen LogP contribution >= 0.6 is 0 Å². The zero-order valence-corrected chi connectivity index (χ0v) is 19.4. The molecule has 0 spiro atoms. The first kappa shape index (κ1) is 22.3. The third-order valence-corrected chi connectivity index (χ3v) is 6.06. The number of rotatable bonds is 10. The second-order valence-electron chi connectivity index (χ2n) is 8.78. The lowest BCUT2D eigenvalue weighted by Gasteiger charge is -2.19. The topological polar surface area (TPSA) is 67.0 Å². The van der Waals surface area contributed by atoms with Crippen molar-refractivity contribution >= 4 is 0 Å². The number of nitrogens with zero attached hydrogens (tertiary/aromatic N) is 5. The Hall–Kier alpha value is -3.52. The average molecular weight is 462 g/mol. The lowest BCUT2D eigenvalue weighted by Crippen LogP contribution is -2.10. The van der Waals surface area contributed by atoms with E-state index in [0.29, 0.717) is 24.5 Å². The Balaban J connectivity index is 1.42. The maximum atomic E-state index is 14.3. The van der Waals surface area contributed by atoms with Crippen LogP contribution in [0.2, 0.25) is 0 Å². The van der Waals surface area contributed by atoms with E-state index in [0.717, 1.165) is 35.1 Å². The molecule has 0 amide bonds. The molecule has 1 aliphatic carbocycles. The Labute approximate surface area is 198 Å². The summed E-state index contributed by atoms with van der Waals surface area (Å²) in [6.07, 6.45) is 4.68. The highest BCUT2D eigenvalue weighted by Crippen LogP contribution is 2.31. The van der Waals surface area contributed by atoms with E-state index in [-0.39, 0.29) is 11.9 Å². The van der Waals surface area contributed by atoms with Gasteiger partial charge in [-0.1, -0.05) is 35.5 Å². The lowest BCUT2D eigenvalue weighted by molar-refractivity contribution is 0.0522. The van der Waals surface area contributed by atoms with Crippen LogP contribution in [0.15, 0.2) is 60.8 Å². The summed E-state index contributed by atoms with van der Waals surface area (Å²) >= 11 is 0. The van der Waals surface area contributed by atoms with Gasteiger partial charge in [-0.2, -0.15) is 0 Å². The van der Waals surface area contributed by atoms with Crippen LogP contribution in [0.5, 0.6) is 5.88 Å². The van der Waals surface area contributed by atoms with E-state index in [4.69, 9.17) is 9.47 Å². The average Bonchev–Trinajstić information content (AvgIpc) is 3.41. The molecule has 0 N–H and O–H groups in total. The Kier molecular flexibility index (Phi) is 6.40. The Morgan fingerprint density at radius 3 is 2.71 bits per heavy atom. The molecule has 2 aromatic heterocycles. The molecule has 1 aliphatic rings. The first-order valence-electron chi connectivity index (χ1n) is 11.6. The summed E-state index contributed by atoms with van der Waals surface area (Å²) < 4.78 is 29.5. The number of halogens is 1. The van der Waals surface area contributed by atoms with Crippen LogP contribution in [0.1, 0.15) is 48.4 Å². The highest BCUT2D eigenvalue weighted by Gasteiger charge is 2.23. The summed E-state index contributed by atoms with van der Waals surface area (Å²) in [5, 5.41) is 13.2. The first-order valence-corrected chi connectivity index (χ1v) is 11.6. The number of ether oxygens (including phenoxy) is 2. The maximum Gasteiger partial charge on any atom is 0.233 e. The minimum Gasteiger partial charge on any atom is -0.480 e. The van der Waals surface area contributed by atoms with Crippen molar-refractivity contribution in [1.29, 1.82) is 0 Å². The predicted octanol–water partition coefficient (Wildman–Crippen LogP) is 4.89. The van der Waals surface area contributed by atoms with Crippen LogP contribution in [-0.2, 0) is 24.3 Å². The Morgan fingerprint density at radius 1 is 1.12 bits per heavy atom. The summed E-state index contributed by atoms with van der Waals surface area (Å²) in [4.78, 5) is 0. The SMILES string of the molecule is COc1cc(Cc2cn(CC3CC3)nn2)n(-c2ccc(F)cc2[C@@H](C)OCc2ccccc2)n1. The van der Waals surface area contributed by atoms with E-state index < -0.39 is 0 Å². The van der Waals surface area contributed by atoms with Gasteiger partial charge in [-0.25, -0.2) is 9.07 Å². The molecule has 7 nitrogen and oxygen atoms in total. The highest BCUT2D eigenvalue weighted by atomic mass is 19.1. The first-order chi connectivity index (χ1) is 16.6. The number of methoxy groups -OCH3 is 1. The fourth-order valence-electron chi connectivity index (χ4n) is 4.02. The van der Waals surface area contributed by atoms with Crippen LogP contribution < -0.4 is 4.74 Å². The van der Waals surface area contributed by atoms with Crippen molar-refractivity contribution in [2.75, 3.05) is 7.11 Å². The van der Waals surface area contributed by atoms with Gasteiger partial charge < -0.3 is 9.47 Å². The summed E-state index contributed by atoms with van der Waals surface area (Å²) in [6, 6.07) is 16.5. The third kappa shape index (κ3) is 5.17. The van der Waals surface area contributed by atoms with Gasteiger partial charge in [0.05, 0.1) is 36.9 Å². The second kappa shape index (κ2) is 9.77. The fourth-order valence-corrected chi connectivity index (χ4v) is 4.02. The molecular weight excluding hydrogens is 433 g/mol. The predicted molar refractivity (Wildman–Crippen MR) is 125 cm³/mol. The molecule has 0 aliphatic heterocycles. The van der Waals surface area contributed by atoms with E-state index in [1.807, 2.05) is 54.2 Å². The zero-order chi connectivity index (χ0) is 23.5. The van der Waals surface area contributed by atoms with Gasteiger partial charge in [0.15, 0.2) is 0 Å². The quantitative estimate of drug-likeness (QED) is 0.336. The number of hydrogen-bond acceptors (Lipinski definition) is 5. The largest absolute Gasteiger partial charge is 0.480 e. The molecule has 0 radical (unpaired) electrons. The molecule has 0 bridgehead atoms. The molecule has 1 fully saturated rings. The van der Waals surface area contributed by atoms with Gasteiger partial charge in [0, 0.05) is 30.8 Å². The van der Waals surface area contributed by atoms with Gasteiger partial charge >= 0.3 is 0 Å². The summed E-state index contributed by atoms with van der Waals surface area (Å²) in [6.45, 7) is 3.26. The van der Waals surface area contributed by atoms with Crippen LogP contribution in [0.4, 0.5) is 4.39 Å². The monoisotopic (exact) mass is 461 g/mol. The van der Waals surface area contributed by atoms with Crippen molar-refractivity contribution in [3.63, 3.8) is 0 Å². The van der Waals surface area contributed by atoms with E-state index in [2.05, 4.69) is 15.4 Å². The second-order valence-corrected chi connectivity index (χ2v) is 8.78. The van der Waals surface area contributed by atoms with E-state index in [9.17, 15) is 4.39 Å². The number of benzene rings is 2. The fraction of sp³-hybridized carbons (Fsp3) is 0.346. The molecule has 2 heterocycles. The molecule has 34 heavy (non-hydrogen) atoms. The summed E-state index contributed by atoms with van der Waals surface area (Å²) in [5.74, 6) is 0.880. The van der Waals surface area contributed by atoms with Gasteiger partial charge in [0.1, 0.15) is 5.82 Å². The van der Waals surface area contributed by atoms with Gasteiger partial charge in [0.2, 0.25) is 5.88 Å². The van der Waals surface area contributed by atoms with Crippen molar-refractivity contribution in [3.8, 4) is 11.6 Å². The van der Waals surface area contributed by atoms with Crippen molar-refractivity contribution in [2.45, 2.75) is 45.4 Å². The van der Waals surface area contributed by atoms with Gasteiger partial charge in [-0.05, 0) is 49.4 Å². The highest BCUT2D eigenvalue weighted by molar-refractivity contribution is 5.44. The molecule has 176 valence electrons. The molecule has 5 rings (SSSR count). The van der Waals surface area contributed by atoms with E-state index in [1.54, 1.807) is 17.9 Å². The Morgan fingerprint density at radius 2 is 1.94 bits per heavy atom. The minimum absolute atomic E-state index is 0.322. The lowest BCUT2D eigenvalue weighted by atomic mass is 10.1. The van der Waals surface area contributed by atoms with Crippen LogP contribution in [0, 0.1) is 11.7 Å². The molecule has 1 saturated carbocycles. The van der Waals surface area contributed by atoms with E-state index >= 15 is 0 Å². The molecular formula is C26H28FN5O2. The normalized spacial score (nSPS) is 14.3. The minimum atomic E-state index is -0.353. The van der Waals surface area contributed by atoms with Gasteiger partial charge in [0.25, 0.3) is 0 Å². The molecule has 0 unspecified atom stereocenters. The summed E-state index contributed by atoms with van der Waals surface area (Å²) in [5.41, 5.74) is 4.23. The summed E-state index contributed by atoms with van der Waals surface area (Å²) in [7, 11) is 1.58. The van der Waals surface area contributed by atoms with Crippen molar-refractivity contribution in [3.05, 3.63) is 89.1 Å². The third-order valence-electron chi connectivity index (χ3n) is 6.06. The van der Waals surface area contributed by atoms with Gasteiger partial charge in [-0.3, -0.25) is 4.68 Å². The molecule has 2 aromatic carbocycles. The van der Waals surface area contributed by atoms with Gasteiger partial charge in [-0.15, -0.1) is 10.2 Å². The van der Waals surface area contributed by atoms with E-state index in [1.165, 1.54) is 25.0 Å². The smallest absolute Gasteiger partial charge is 0.233 e. The maximum absolute atomic E-state index is 14.3. The Bertz CT molecular complexity index is 1250. The van der Waals surface area contributed by atoms with Crippen LogP contribution in [0.3, 0.4) is 0 Å². The molecule has 8 heteroatoms. The van der Waals surface area contributed by atoms with Crippen LogP contribution in [-0.4, -0.2) is 31.9 Å². The molecule has 0 saturated heterocycles. The molecule has 4 aromatic rings. The zero-order valence-electron chi connectivity index (χ0n) is 19.4. The molecule has 1 atom stereocenters. The van der Waals surface area contributed by atoms with Crippen molar-refractivity contribution in [1.82, 2.24) is 24.8 Å². The van der Waals surface area contributed by atoms with Crippen LogP contribution in [0.25, 0.3) is 5.69 Å². The van der Waals surface area contributed by atoms with Crippen molar-refractivity contribution < 1.29 is 13.9 Å². The number of hydrogen-bond donors (Lipinski definition) is 0. The number of aromatic nitrogens is 5. The van der Waals surface area contributed by atoms with Crippen molar-refractivity contribution in [2.24, 2.45) is 5.92 Å². The standard InChI is InChI=1S/C26H28FN5O2/c1-18(34-17-20-6-4-3-5-7-20)24-12-21(27)10-11-25(24)32-23(14-26(29-32)33-2)13-22-16-31(30-28-22)15-19-8-9-19/h3-7,10-12,14,16,18-19H,8-9,13,15,17H2,1-2H3/t18-/m1/s1.